The van der Waals surface area contributed by atoms with Crippen molar-refractivity contribution in [3.8, 4) is 0 Å². The molecule has 1 fully saturated rings. The molecule has 20 heteroatoms. The number of anilines is 4. The zero-order chi connectivity index (χ0) is 44.5. The molecule has 8 N–H and O–H groups in total. The molecule has 0 spiro atoms. The summed E-state index contributed by atoms with van der Waals surface area (Å²) in [6.45, 7) is 1.37. The van der Waals surface area contributed by atoms with Gasteiger partial charge in [0.1, 0.15) is 12.1 Å². The lowest BCUT2D eigenvalue weighted by Gasteiger charge is -2.32. The van der Waals surface area contributed by atoms with E-state index in [4.69, 9.17) is 11.5 Å². The van der Waals surface area contributed by atoms with Gasteiger partial charge in [-0.3, -0.25) is 38.6 Å². The quantitative estimate of drug-likeness (QED) is 0.0550. The smallest absolute Gasteiger partial charge is 0.326 e. The van der Waals surface area contributed by atoms with Crippen molar-refractivity contribution in [3.05, 3.63) is 71.0 Å². The zero-order valence-corrected chi connectivity index (χ0v) is 34.6. The number of fused-ring (bicyclic) bond motifs is 2. The van der Waals surface area contributed by atoms with Gasteiger partial charge in [0, 0.05) is 57.0 Å². The van der Waals surface area contributed by atoms with Crippen molar-refractivity contribution in [2.75, 3.05) is 48.9 Å². The van der Waals surface area contributed by atoms with Crippen molar-refractivity contribution < 1.29 is 38.7 Å². The number of unbranched alkanes of at least 4 members (excludes halogenated alkanes) is 5. The van der Waals surface area contributed by atoms with Crippen molar-refractivity contribution in [2.24, 2.45) is 0 Å². The summed E-state index contributed by atoms with van der Waals surface area (Å²) in [4.78, 5) is 109. The van der Waals surface area contributed by atoms with E-state index in [2.05, 4.69) is 35.9 Å². The first-order valence-electron chi connectivity index (χ1n) is 20.4. The number of carboxylic acids is 1. The first kappa shape index (κ1) is 44.3. The molecule has 0 saturated carbocycles. The largest absolute Gasteiger partial charge is 0.480 e. The lowest BCUT2D eigenvalue weighted by Crippen LogP contribution is -2.54. The fourth-order valence-corrected chi connectivity index (χ4v) is 7.40. The molecule has 6 rings (SSSR count). The number of hydrogen-bond acceptors (Lipinski definition) is 15. The maximum absolute atomic E-state index is 13.4. The summed E-state index contributed by atoms with van der Waals surface area (Å²) < 4.78 is 0. The first-order chi connectivity index (χ1) is 29.7. The zero-order valence-electron chi connectivity index (χ0n) is 34.6. The van der Waals surface area contributed by atoms with E-state index in [0.717, 1.165) is 54.0 Å². The Bertz CT molecular complexity index is 2380. The van der Waals surface area contributed by atoms with Gasteiger partial charge in [0.05, 0.1) is 29.6 Å². The standard InChI is InChI=1S/C42H50N12O8/c1-52(23-25-22-47-36-34(48-25)35(43)50-42(44)51-36)26-14-12-24(13-15-26)37(57)49-29(41(61)62)16-18-31(55)46-21-8-6-4-3-5-7-20-45-28-11-9-10-27-33(28)40(60)54(38(27)58)30-17-19-32(56)53(2)39(30)59/h9-15,22,29-30,45H,3-8,16-21,23H2,1-2H3,(H,46,55)(H,49,57)(H,61,62)(H4,43,44,47,50,51)/t29-,30?/m1/s1. The van der Waals surface area contributed by atoms with Gasteiger partial charge >= 0.3 is 5.97 Å². The molecule has 1 unspecified atom stereocenters. The number of piperidine rings is 1. The van der Waals surface area contributed by atoms with Gasteiger partial charge in [-0.25, -0.2) is 14.8 Å². The highest BCUT2D eigenvalue weighted by Crippen LogP contribution is 2.33. The number of nitrogen functional groups attached to an aromatic ring is 2. The molecule has 2 aliphatic rings. The number of likely N-dealkylation sites (tertiary alicyclic amines) is 1. The molecule has 326 valence electrons. The number of imide groups is 2. The molecule has 2 aromatic carbocycles. The first-order valence-corrected chi connectivity index (χ1v) is 20.4. The number of nitrogens with one attached hydrogen (secondary N) is 3. The average molecular weight is 851 g/mol. The van der Waals surface area contributed by atoms with Gasteiger partial charge < -0.3 is 37.4 Å². The SMILES string of the molecule is CN1C(=O)CCC(N2C(=O)c3cccc(NCCCCCCCCNC(=O)CC[C@@H](NC(=O)c4ccc(N(C)Cc5cnc6nc(N)nc(N)c6n5)cc4)C(=O)O)c3C2=O)C1=O. The number of nitrogens with zero attached hydrogens (tertiary/aromatic N) is 7. The molecule has 62 heavy (non-hydrogen) atoms. The summed E-state index contributed by atoms with van der Waals surface area (Å²) in [5.41, 5.74) is 14.8. The maximum Gasteiger partial charge on any atom is 0.326 e. The lowest BCUT2D eigenvalue weighted by molar-refractivity contribution is -0.149. The van der Waals surface area contributed by atoms with Crippen LogP contribution < -0.4 is 32.3 Å². The second kappa shape index (κ2) is 19.9. The molecule has 1 saturated heterocycles. The summed E-state index contributed by atoms with van der Waals surface area (Å²) in [5, 5.41) is 18.3. The van der Waals surface area contributed by atoms with Crippen LogP contribution in [-0.2, 0) is 25.7 Å². The summed E-state index contributed by atoms with van der Waals surface area (Å²) in [6, 6.07) is 9.32. The second-order valence-electron chi connectivity index (χ2n) is 15.3. The van der Waals surface area contributed by atoms with Gasteiger partial charge in [-0.2, -0.15) is 9.97 Å². The number of hydrogen-bond donors (Lipinski definition) is 6. The van der Waals surface area contributed by atoms with Crippen LogP contribution in [-0.4, -0.2) is 116 Å². The van der Waals surface area contributed by atoms with E-state index in [1.54, 1.807) is 48.7 Å². The summed E-state index contributed by atoms with van der Waals surface area (Å²) in [5.74, 6) is -3.98. The van der Waals surface area contributed by atoms with Gasteiger partial charge in [0.2, 0.25) is 17.8 Å². The van der Waals surface area contributed by atoms with E-state index in [1.165, 1.54) is 7.05 Å². The van der Waals surface area contributed by atoms with Crippen molar-refractivity contribution in [3.63, 3.8) is 0 Å². The third kappa shape index (κ3) is 10.4. The predicted molar refractivity (Wildman–Crippen MR) is 228 cm³/mol. The van der Waals surface area contributed by atoms with Crippen LogP contribution in [0.3, 0.4) is 0 Å². The fourth-order valence-electron chi connectivity index (χ4n) is 7.40. The fraction of sp³-hybridized carbons (Fsp3) is 0.405. The van der Waals surface area contributed by atoms with Crippen LogP contribution in [0, 0.1) is 0 Å². The summed E-state index contributed by atoms with van der Waals surface area (Å²) >= 11 is 0. The maximum atomic E-state index is 13.4. The highest BCUT2D eigenvalue weighted by molar-refractivity contribution is 6.25. The van der Waals surface area contributed by atoms with Crippen molar-refractivity contribution in [2.45, 2.75) is 82.8 Å². The van der Waals surface area contributed by atoms with Gasteiger partial charge in [0.25, 0.3) is 23.6 Å². The molecular formula is C42H50N12O8. The van der Waals surface area contributed by atoms with Crippen molar-refractivity contribution in [1.29, 1.82) is 0 Å². The summed E-state index contributed by atoms with van der Waals surface area (Å²) in [7, 11) is 3.19. The van der Waals surface area contributed by atoms with E-state index in [0.29, 0.717) is 36.5 Å². The van der Waals surface area contributed by atoms with Crippen LogP contribution in [0.2, 0.25) is 0 Å². The lowest BCUT2D eigenvalue weighted by atomic mass is 10.0. The van der Waals surface area contributed by atoms with E-state index in [1.807, 2.05) is 11.9 Å². The Kier molecular flexibility index (Phi) is 14.2. The highest BCUT2D eigenvalue weighted by Gasteiger charge is 2.47. The van der Waals surface area contributed by atoms with Gasteiger partial charge in [-0.15, -0.1) is 0 Å². The molecule has 4 aromatic rings. The topological polar surface area (TPSA) is 289 Å². The molecule has 0 radical (unpaired) electrons. The monoisotopic (exact) mass is 850 g/mol. The third-order valence-electron chi connectivity index (χ3n) is 10.9. The van der Waals surface area contributed by atoms with Crippen LogP contribution in [0.15, 0.2) is 48.7 Å². The number of carboxylic acid groups (broad SMARTS) is 1. The Balaban J connectivity index is 0.842. The van der Waals surface area contributed by atoms with Crippen LogP contribution in [0.1, 0.15) is 101 Å². The van der Waals surface area contributed by atoms with Gasteiger partial charge in [0.15, 0.2) is 17.0 Å². The van der Waals surface area contributed by atoms with Crippen molar-refractivity contribution in [1.82, 2.24) is 40.4 Å². The Hall–Kier alpha value is -7.25. The molecule has 4 heterocycles. The van der Waals surface area contributed by atoms with Gasteiger partial charge in [-0.05, 0) is 62.1 Å². The normalized spacial score (nSPS) is 15.4. The van der Waals surface area contributed by atoms with Crippen LogP contribution in [0.5, 0.6) is 0 Å². The molecule has 2 atom stereocenters. The van der Waals surface area contributed by atoms with Crippen LogP contribution in [0.25, 0.3) is 11.2 Å². The average Bonchev–Trinajstić information content (AvgIpc) is 3.50. The Morgan fingerprint density at radius 3 is 2.35 bits per heavy atom. The molecule has 6 amide bonds. The molecule has 0 aliphatic carbocycles. The number of rotatable bonds is 20. The Morgan fingerprint density at radius 1 is 0.919 bits per heavy atom. The number of carbonyl (C=O) groups excluding carboxylic acids is 6. The number of amides is 6. The van der Waals surface area contributed by atoms with E-state index in [9.17, 15) is 38.7 Å². The van der Waals surface area contributed by atoms with Gasteiger partial charge in [-0.1, -0.05) is 31.7 Å². The molecular weight excluding hydrogens is 801 g/mol. The minimum atomic E-state index is -1.26. The number of aromatic nitrogens is 4. The second-order valence-corrected chi connectivity index (χ2v) is 15.3. The molecule has 0 bridgehead atoms. The van der Waals surface area contributed by atoms with E-state index >= 15 is 0 Å². The van der Waals surface area contributed by atoms with Crippen molar-refractivity contribution >= 4 is 75.7 Å². The Labute approximate surface area is 356 Å². The number of aliphatic carboxylic acids is 1. The summed E-state index contributed by atoms with van der Waals surface area (Å²) in [6.07, 6.45) is 6.85. The predicted octanol–water partition coefficient (Wildman–Crippen LogP) is 2.50. The number of benzene rings is 2. The third-order valence-corrected chi connectivity index (χ3v) is 10.9. The Morgan fingerprint density at radius 2 is 1.63 bits per heavy atom. The highest BCUT2D eigenvalue weighted by atomic mass is 16.4. The van der Waals surface area contributed by atoms with E-state index in [-0.39, 0.29) is 71.6 Å². The molecule has 2 aromatic heterocycles. The minimum absolute atomic E-state index is 0.00521. The number of carbonyl (C=O) groups is 7. The molecule has 2 aliphatic heterocycles. The number of likely N-dealkylation sites (N-methyl/N-ethyl adjacent to an activating group) is 1. The van der Waals surface area contributed by atoms with Crippen LogP contribution in [0.4, 0.5) is 23.1 Å². The van der Waals surface area contributed by atoms with E-state index < -0.39 is 41.7 Å². The minimum Gasteiger partial charge on any atom is -0.480 e. The molecule has 20 nitrogen and oxygen atoms in total. The number of nitrogens with two attached hydrogens (primary N) is 2. The van der Waals surface area contributed by atoms with Crippen LogP contribution >= 0.6 is 0 Å².